The van der Waals surface area contributed by atoms with Gasteiger partial charge in [-0.25, -0.2) is 9.59 Å². The normalized spacial score (nSPS) is 11.2. The maximum absolute atomic E-state index is 11.0. The van der Waals surface area contributed by atoms with E-state index in [-0.39, 0.29) is 13.2 Å². The van der Waals surface area contributed by atoms with Gasteiger partial charge >= 0.3 is 12.2 Å². The van der Waals surface area contributed by atoms with Crippen LogP contribution in [0.3, 0.4) is 0 Å². The molecular weight excluding hydrogens is 236 g/mol. The SMILES string of the molecule is CC(C)CCOC(=O)/N=N/C(=O)OCCC(C)C. The van der Waals surface area contributed by atoms with Gasteiger partial charge in [0.05, 0.1) is 13.2 Å². The summed E-state index contributed by atoms with van der Waals surface area (Å²) in [5, 5.41) is 6.22. The van der Waals surface area contributed by atoms with Crippen molar-refractivity contribution in [1.29, 1.82) is 0 Å². The lowest BCUT2D eigenvalue weighted by atomic mass is 10.1. The van der Waals surface area contributed by atoms with Gasteiger partial charge in [0, 0.05) is 0 Å². The first-order valence-corrected chi connectivity index (χ1v) is 6.17. The van der Waals surface area contributed by atoms with Crippen molar-refractivity contribution in [2.45, 2.75) is 40.5 Å². The largest absolute Gasteiger partial charge is 0.452 e. The number of nitrogens with zero attached hydrogens (tertiary/aromatic N) is 2. The van der Waals surface area contributed by atoms with Gasteiger partial charge in [0.1, 0.15) is 0 Å². The zero-order valence-electron chi connectivity index (χ0n) is 11.5. The van der Waals surface area contributed by atoms with E-state index in [4.69, 9.17) is 9.47 Å². The average molecular weight is 258 g/mol. The van der Waals surface area contributed by atoms with Crippen LogP contribution in [0.2, 0.25) is 0 Å². The summed E-state index contributed by atoms with van der Waals surface area (Å²) in [5.41, 5.74) is 0. The van der Waals surface area contributed by atoms with Crippen LogP contribution in [0.15, 0.2) is 10.2 Å². The van der Waals surface area contributed by atoms with Crippen LogP contribution in [0, 0.1) is 11.8 Å². The van der Waals surface area contributed by atoms with Crippen LogP contribution in [-0.4, -0.2) is 25.4 Å². The topological polar surface area (TPSA) is 77.3 Å². The molecule has 0 radical (unpaired) electrons. The summed E-state index contributed by atoms with van der Waals surface area (Å²) in [6.07, 6.45) is -0.229. The molecule has 2 amide bonds. The highest BCUT2D eigenvalue weighted by atomic mass is 16.6. The molecule has 0 saturated heterocycles. The molecule has 0 fully saturated rings. The number of carbonyl (C=O) groups excluding carboxylic acids is 2. The van der Waals surface area contributed by atoms with Crippen LogP contribution >= 0.6 is 0 Å². The summed E-state index contributed by atoms with van der Waals surface area (Å²) in [4.78, 5) is 22.0. The minimum absolute atomic E-state index is 0.276. The van der Waals surface area contributed by atoms with Crippen LogP contribution in [0.25, 0.3) is 0 Å². The van der Waals surface area contributed by atoms with Gasteiger partial charge in [0.15, 0.2) is 0 Å². The maximum atomic E-state index is 11.0. The zero-order valence-corrected chi connectivity index (χ0v) is 11.5. The second kappa shape index (κ2) is 9.56. The first kappa shape index (κ1) is 16.5. The van der Waals surface area contributed by atoms with E-state index < -0.39 is 12.2 Å². The van der Waals surface area contributed by atoms with Crippen LogP contribution in [0.4, 0.5) is 9.59 Å². The third-order valence-corrected chi connectivity index (χ3v) is 2.05. The van der Waals surface area contributed by atoms with Crippen LogP contribution in [-0.2, 0) is 9.47 Å². The Morgan fingerprint density at radius 3 is 1.44 bits per heavy atom. The summed E-state index contributed by atoms with van der Waals surface area (Å²) in [6, 6.07) is 0. The van der Waals surface area contributed by atoms with E-state index in [2.05, 4.69) is 10.2 Å². The molecule has 0 aromatic heterocycles. The lowest BCUT2D eigenvalue weighted by Gasteiger charge is -2.04. The van der Waals surface area contributed by atoms with E-state index in [1.165, 1.54) is 0 Å². The van der Waals surface area contributed by atoms with E-state index in [0.717, 1.165) is 12.8 Å². The van der Waals surface area contributed by atoms with Crippen molar-refractivity contribution in [2.75, 3.05) is 13.2 Å². The third kappa shape index (κ3) is 11.0. The van der Waals surface area contributed by atoms with Gasteiger partial charge in [-0.1, -0.05) is 37.9 Å². The molecule has 0 bridgehead atoms. The zero-order chi connectivity index (χ0) is 14.0. The number of hydrogen-bond acceptors (Lipinski definition) is 4. The van der Waals surface area contributed by atoms with Gasteiger partial charge < -0.3 is 9.47 Å². The van der Waals surface area contributed by atoms with Crippen molar-refractivity contribution in [3.05, 3.63) is 0 Å². The van der Waals surface area contributed by atoms with Crippen molar-refractivity contribution in [2.24, 2.45) is 22.1 Å². The molecule has 0 aromatic rings. The summed E-state index contributed by atoms with van der Waals surface area (Å²) in [6.45, 7) is 8.61. The molecule has 6 heteroatoms. The second-order valence-corrected chi connectivity index (χ2v) is 4.79. The Hall–Kier alpha value is -1.46. The lowest BCUT2D eigenvalue weighted by molar-refractivity contribution is 0.140. The minimum Gasteiger partial charge on any atom is -0.447 e. The monoisotopic (exact) mass is 258 g/mol. The van der Waals surface area contributed by atoms with Gasteiger partial charge in [-0.3, -0.25) is 0 Å². The Labute approximate surface area is 108 Å². The van der Waals surface area contributed by atoms with Gasteiger partial charge in [0.25, 0.3) is 0 Å². The first-order valence-electron chi connectivity index (χ1n) is 6.17. The number of ether oxygens (including phenoxy) is 2. The van der Waals surface area contributed by atoms with Gasteiger partial charge in [-0.05, 0) is 24.7 Å². The van der Waals surface area contributed by atoms with Gasteiger partial charge in [-0.15, -0.1) is 0 Å². The third-order valence-electron chi connectivity index (χ3n) is 2.05. The van der Waals surface area contributed by atoms with Crippen LogP contribution in [0.5, 0.6) is 0 Å². The summed E-state index contributed by atoms with van der Waals surface area (Å²) in [5.74, 6) is 0.881. The molecule has 0 unspecified atom stereocenters. The predicted molar refractivity (Wildman–Crippen MR) is 66.5 cm³/mol. The number of rotatable bonds is 6. The summed E-state index contributed by atoms with van der Waals surface area (Å²) < 4.78 is 9.48. The molecule has 0 rings (SSSR count). The first-order chi connectivity index (χ1) is 8.41. The molecule has 0 atom stereocenters. The fourth-order valence-corrected chi connectivity index (χ4v) is 0.903. The summed E-state index contributed by atoms with van der Waals surface area (Å²) >= 11 is 0. The molecular formula is C12H22N2O4. The Bertz CT molecular complexity index is 260. The van der Waals surface area contributed by atoms with Gasteiger partial charge in [-0.2, -0.15) is 0 Å². The second-order valence-electron chi connectivity index (χ2n) is 4.79. The average Bonchev–Trinajstić information content (AvgIpc) is 2.25. The predicted octanol–water partition coefficient (Wildman–Crippen LogP) is 3.80. The number of carbonyl (C=O) groups is 2. The highest BCUT2D eigenvalue weighted by Gasteiger charge is 2.05. The summed E-state index contributed by atoms with van der Waals surface area (Å²) in [7, 11) is 0. The molecule has 104 valence electrons. The number of hydrogen-bond donors (Lipinski definition) is 0. The Morgan fingerprint density at radius 2 is 1.17 bits per heavy atom. The Balaban J connectivity index is 3.71. The van der Waals surface area contributed by atoms with E-state index in [1.807, 2.05) is 27.7 Å². The molecule has 0 aliphatic heterocycles. The molecule has 0 aliphatic carbocycles. The van der Waals surface area contributed by atoms with E-state index in [1.54, 1.807) is 0 Å². The van der Waals surface area contributed by atoms with Crippen LogP contribution < -0.4 is 0 Å². The fourth-order valence-electron chi connectivity index (χ4n) is 0.903. The van der Waals surface area contributed by atoms with Gasteiger partial charge in [0.2, 0.25) is 0 Å². The molecule has 18 heavy (non-hydrogen) atoms. The highest BCUT2D eigenvalue weighted by molar-refractivity contribution is 5.73. The van der Waals surface area contributed by atoms with Crippen molar-refractivity contribution in [3.8, 4) is 0 Å². The number of amides is 2. The standard InChI is InChI=1S/C12H22N2O4/c1-9(2)5-7-17-11(15)13-14-12(16)18-8-6-10(3)4/h9-10H,5-8H2,1-4H3/b14-13+. The van der Waals surface area contributed by atoms with Crippen molar-refractivity contribution >= 4 is 12.2 Å². The molecule has 0 heterocycles. The molecule has 0 N–H and O–H groups in total. The van der Waals surface area contributed by atoms with Crippen LogP contribution in [0.1, 0.15) is 40.5 Å². The molecule has 0 aliphatic rings. The van der Waals surface area contributed by atoms with Crippen molar-refractivity contribution in [3.63, 3.8) is 0 Å². The maximum Gasteiger partial charge on any atom is 0.452 e. The number of azo groups is 1. The van der Waals surface area contributed by atoms with Crippen molar-refractivity contribution < 1.29 is 19.1 Å². The quantitative estimate of drug-likeness (QED) is 0.679. The minimum atomic E-state index is -0.864. The smallest absolute Gasteiger partial charge is 0.447 e. The molecule has 0 aromatic carbocycles. The Morgan fingerprint density at radius 1 is 0.833 bits per heavy atom. The van der Waals surface area contributed by atoms with E-state index in [9.17, 15) is 9.59 Å². The highest BCUT2D eigenvalue weighted by Crippen LogP contribution is 2.01. The molecule has 6 nitrogen and oxygen atoms in total. The lowest BCUT2D eigenvalue weighted by Crippen LogP contribution is -2.05. The van der Waals surface area contributed by atoms with E-state index >= 15 is 0 Å². The fraction of sp³-hybridized carbons (Fsp3) is 0.833. The molecule has 0 spiro atoms. The Kier molecular flexibility index (Phi) is 8.78. The molecule has 0 saturated carbocycles. The van der Waals surface area contributed by atoms with E-state index in [0.29, 0.717) is 11.8 Å². The van der Waals surface area contributed by atoms with Crippen molar-refractivity contribution in [1.82, 2.24) is 0 Å².